The second-order valence-corrected chi connectivity index (χ2v) is 5.13. The van der Waals surface area contributed by atoms with Crippen LogP contribution in [0, 0.1) is 0 Å². The summed E-state index contributed by atoms with van der Waals surface area (Å²) in [5, 5.41) is 0. The van der Waals surface area contributed by atoms with E-state index < -0.39 is 0 Å². The maximum Gasteiger partial charge on any atom is 0.186 e. The van der Waals surface area contributed by atoms with Gasteiger partial charge >= 0.3 is 0 Å². The Kier molecular flexibility index (Phi) is 5.21. The van der Waals surface area contributed by atoms with Crippen molar-refractivity contribution < 1.29 is 4.74 Å². The summed E-state index contributed by atoms with van der Waals surface area (Å²) in [6.07, 6.45) is 6.80. The van der Waals surface area contributed by atoms with Gasteiger partial charge in [-0.1, -0.05) is 43.5 Å². The molecular weight excluding hydrogens is 238 g/mol. The summed E-state index contributed by atoms with van der Waals surface area (Å²) in [6, 6.07) is 8.24. The van der Waals surface area contributed by atoms with Gasteiger partial charge in [0.05, 0.1) is 19.3 Å². The smallest absolute Gasteiger partial charge is 0.186 e. The molecule has 0 heterocycles. The first kappa shape index (κ1) is 13.9. The number of nitrogens with zero attached hydrogens (tertiary/aromatic N) is 1. The summed E-state index contributed by atoms with van der Waals surface area (Å²) in [6.45, 7) is 1.21. The van der Waals surface area contributed by atoms with Gasteiger partial charge in [0.25, 0.3) is 0 Å². The van der Waals surface area contributed by atoms with Crippen molar-refractivity contribution in [1.82, 2.24) is 0 Å². The van der Waals surface area contributed by atoms with Crippen LogP contribution in [0.4, 0.5) is 0 Å². The Morgan fingerprint density at radius 3 is 2.63 bits per heavy atom. The molecule has 0 amide bonds. The first-order valence-corrected chi connectivity index (χ1v) is 6.99. The SMILES string of the molecule is NC(N)=NCc1cccc(COC2CCCCC2)c1. The molecule has 4 nitrogen and oxygen atoms in total. The number of rotatable bonds is 5. The van der Waals surface area contributed by atoms with Crippen molar-refractivity contribution >= 4 is 5.96 Å². The molecule has 0 aromatic heterocycles. The van der Waals surface area contributed by atoms with Crippen LogP contribution in [0.5, 0.6) is 0 Å². The Bertz CT molecular complexity index is 421. The van der Waals surface area contributed by atoms with E-state index in [0.717, 1.165) is 5.56 Å². The minimum Gasteiger partial charge on any atom is -0.374 e. The molecule has 104 valence electrons. The summed E-state index contributed by atoms with van der Waals surface area (Å²) in [5.74, 6) is 0.129. The number of hydrogen-bond donors (Lipinski definition) is 2. The normalized spacial score (nSPS) is 16.2. The molecule has 1 saturated carbocycles. The molecular formula is C15H23N3O. The van der Waals surface area contributed by atoms with Crippen molar-refractivity contribution in [3.63, 3.8) is 0 Å². The molecule has 1 fully saturated rings. The fraction of sp³-hybridized carbons (Fsp3) is 0.533. The molecule has 0 unspecified atom stereocenters. The summed E-state index contributed by atoms with van der Waals surface area (Å²) < 4.78 is 5.96. The lowest BCUT2D eigenvalue weighted by Crippen LogP contribution is -2.22. The van der Waals surface area contributed by atoms with Gasteiger partial charge in [0.1, 0.15) is 0 Å². The van der Waals surface area contributed by atoms with Gasteiger partial charge in [-0.15, -0.1) is 0 Å². The van der Waals surface area contributed by atoms with E-state index in [1.54, 1.807) is 0 Å². The average Bonchev–Trinajstić information content (AvgIpc) is 2.44. The Hall–Kier alpha value is -1.55. The number of aliphatic imine (C=N–C) groups is 1. The zero-order chi connectivity index (χ0) is 13.5. The predicted octanol–water partition coefficient (Wildman–Crippen LogP) is 2.31. The van der Waals surface area contributed by atoms with Crippen molar-refractivity contribution in [3.05, 3.63) is 35.4 Å². The Morgan fingerprint density at radius 2 is 1.89 bits per heavy atom. The molecule has 0 bridgehead atoms. The van der Waals surface area contributed by atoms with Gasteiger partial charge in [-0.05, 0) is 24.0 Å². The van der Waals surface area contributed by atoms with E-state index in [2.05, 4.69) is 17.1 Å². The largest absolute Gasteiger partial charge is 0.374 e. The monoisotopic (exact) mass is 261 g/mol. The highest BCUT2D eigenvalue weighted by atomic mass is 16.5. The van der Waals surface area contributed by atoms with E-state index in [4.69, 9.17) is 16.2 Å². The number of guanidine groups is 1. The van der Waals surface area contributed by atoms with Gasteiger partial charge in [-0.25, -0.2) is 4.99 Å². The van der Waals surface area contributed by atoms with Gasteiger partial charge < -0.3 is 16.2 Å². The second-order valence-electron chi connectivity index (χ2n) is 5.13. The van der Waals surface area contributed by atoms with E-state index in [-0.39, 0.29) is 5.96 Å². The number of hydrogen-bond acceptors (Lipinski definition) is 2. The molecule has 0 aliphatic heterocycles. The molecule has 0 spiro atoms. The molecule has 1 aromatic rings. The summed E-state index contributed by atoms with van der Waals surface area (Å²) in [4.78, 5) is 4.02. The topological polar surface area (TPSA) is 73.6 Å². The maximum absolute atomic E-state index is 5.96. The Morgan fingerprint density at radius 1 is 1.16 bits per heavy atom. The standard InChI is InChI=1S/C15H23N3O/c16-15(17)18-10-12-5-4-6-13(9-12)11-19-14-7-2-1-3-8-14/h4-6,9,14H,1-3,7-8,10-11H2,(H4,16,17,18). The molecule has 1 aliphatic carbocycles. The van der Waals surface area contributed by atoms with Crippen LogP contribution in [0.15, 0.2) is 29.3 Å². The molecule has 19 heavy (non-hydrogen) atoms. The van der Waals surface area contributed by atoms with Crippen molar-refractivity contribution in [2.24, 2.45) is 16.5 Å². The lowest BCUT2D eigenvalue weighted by Gasteiger charge is -2.22. The molecule has 1 aromatic carbocycles. The highest BCUT2D eigenvalue weighted by Gasteiger charge is 2.13. The van der Waals surface area contributed by atoms with E-state index in [1.165, 1.54) is 37.7 Å². The third-order valence-electron chi connectivity index (χ3n) is 3.47. The molecule has 4 N–H and O–H groups in total. The van der Waals surface area contributed by atoms with Crippen molar-refractivity contribution in [2.75, 3.05) is 0 Å². The van der Waals surface area contributed by atoms with Gasteiger partial charge in [-0.2, -0.15) is 0 Å². The lowest BCUT2D eigenvalue weighted by molar-refractivity contribution is 0.0168. The van der Waals surface area contributed by atoms with E-state index in [9.17, 15) is 0 Å². The van der Waals surface area contributed by atoms with E-state index in [0.29, 0.717) is 19.3 Å². The average molecular weight is 261 g/mol. The quantitative estimate of drug-likeness (QED) is 0.631. The van der Waals surface area contributed by atoms with Gasteiger partial charge in [0.2, 0.25) is 0 Å². The van der Waals surface area contributed by atoms with Crippen LogP contribution in [0.25, 0.3) is 0 Å². The number of benzene rings is 1. The third kappa shape index (κ3) is 4.91. The minimum atomic E-state index is 0.129. The highest BCUT2D eigenvalue weighted by Crippen LogP contribution is 2.21. The van der Waals surface area contributed by atoms with Crippen molar-refractivity contribution in [3.8, 4) is 0 Å². The fourth-order valence-electron chi connectivity index (χ4n) is 2.45. The maximum atomic E-state index is 5.96. The number of ether oxygens (including phenoxy) is 1. The van der Waals surface area contributed by atoms with Gasteiger partial charge in [-0.3, -0.25) is 0 Å². The van der Waals surface area contributed by atoms with E-state index >= 15 is 0 Å². The Labute approximate surface area is 114 Å². The van der Waals surface area contributed by atoms with Crippen LogP contribution < -0.4 is 11.5 Å². The van der Waals surface area contributed by atoms with Crippen molar-refractivity contribution in [2.45, 2.75) is 51.4 Å². The first-order chi connectivity index (χ1) is 9.24. The minimum absolute atomic E-state index is 0.129. The van der Waals surface area contributed by atoms with Gasteiger partial charge in [0.15, 0.2) is 5.96 Å². The number of nitrogens with two attached hydrogens (primary N) is 2. The highest BCUT2D eigenvalue weighted by molar-refractivity contribution is 5.75. The third-order valence-corrected chi connectivity index (χ3v) is 3.47. The molecule has 0 atom stereocenters. The second kappa shape index (κ2) is 7.14. The van der Waals surface area contributed by atoms with E-state index in [1.807, 2.05) is 12.1 Å². The first-order valence-electron chi connectivity index (χ1n) is 6.99. The van der Waals surface area contributed by atoms with Crippen molar-refractivity contribution in [1.29, 1.82) is 0 Å². The molecule has 1 aliphatic rings. The van der Waals surface area contributed by atoms with Gasteiger partial charge in [0, 0.05) is 0 Å². The molecule has 2 rings (SSSR count). The summed E-state index contributed by atoms with van der Waals surface area (Å²) in [5.41, 5.74) is 13.0. The fourth-order valence-corrected chi connectivity index (χ4v) is 2.45. The zero-order valence-corrected chi connectivity index (χ0v) is 11.3. The Balaban J connectivity index is 1.85. The van der Waals surface area contributed by atoms with Crippen LogP contribution in [-0.2, 0) is 17.9 Å². The zero-order valence-electron chi connectivity index (χ0n) is 11.3. The summed E-state index contributed by atoms with van der Waals surface area (Å²) >= 11 is 0. The van der Waals surface area contributed by atoms with Crippen LogP contribution in [-0.4, -0.2) is 12.1 Å². The molecule has 0 radical (unpaired) electrons. The van der Waals surface area contributed by atoms with Crippen LogP contribution in [0.1, 0.15) is 43.2 Å². The predicted molar refractivity (Wildman–Crippen MR) is 77.6 cm³/mol. The molecule has 4 heteroatoms. The van der Waals surface area contributed by atoms with Crippen LogP contribution >= 0.6 is 0 Å². The summed E-state index contributed by atoms with van der Waals surface area (Å²) in [7, 11) is 0. The van der Waals surface area contributed by atoms with Crippen LogP contribution in [0.3, 0.4) is 0 Å². The molecule has 0 saturated heterocycles. The van der Waals surface area contributed by atoms with Crippen LogP contribution in [0.2, 0.25) is 0 Å². The lowest BCUT2D eigenvalue weighted by atomic mass is 9.98.